The third-order valence-corrected chi connectivity index (χ3v) is 3.92. The monoisotopic (exact) mass is 262 g/mol. The highest BCUT2D eigenvalue weighted by molar-refractivity contribution is 5.35. The highest BCUT2D eigenvalue weighted by atomic mass is 16.6. The topological polar surface area (TPSA) is 55.2 Å². The van der Waals surface area contributed by atoms with Crippen LogP contribution in [0.3, 0.4) is 0 Å². The number of non-ortho nitro benzene ring substituents is 1. The van der Waals surface area contributed by atoms with Crippen molar-refractivity contribution in [3.05, 3.63) is 39.9 Å². The van der Waals surface area contributed by atoms with E-state index in [4.69, 9.17) is 0 Å². The molecule has 1 N–H and O–H groups in total. The summed E-state index contributed by atoms with van der Waals surface area (Å²) in [4.78, 5) is 10.5. The van der Waals surface area contributed by atoms with Gasteiger partial charge in [0.15, 0.2) is 0 Å². The first-order valence-corrected chi connectivity index (χ1v) is 7.17. The molecule has 1 fully saturated rings. The molecule has 0 bridgehead atoms. The highest BCUT2D eigenvalue weighted by Crippen LogP contribution is 2.23. The molecule has 4 heteroatoms. The summed E-state index contributed by atoms with van der Waals surface area (Å²) in [6.45, 7) is 2.09. The summed E-state index contributed by atoms with van der Waals surface area (Å²) in [6.07, 6.45) is 7.70. The molecule has 1 aromatic rings. The third-order valence-electron chi connectivity index (χ3n) is 3.92. The minimum atomic E-state index is -0.331. The van der Waals surface area contributed by atoms with Gasteiger partial charge in [0.05, 0.1) is 4.92 Å². The molecule has 0 spiro atoms. The zero-order chi connectivity index (χ0) is 13.7. The molecule has 0 aromatic heterocycles. The van der Waals surface area contributed by atoms with Crippen LogP contribution in [0, 0.1) is 10.1 Å². The second-order valence-corrected chi connectivity index (χ2v) is 5.43. The molecule has 0 saturated heterocycles. The lowest BCUT2D eigenvalue weighted by Gasteiger charge is -2.22. The predicted octanol–water partition coefficient (Wildman–Crippen LogP) is 3.97. The van der Waals surface area contributed by atoms with E-state index in [1.54, 1.807) is 18.2 Å². The van der Waals surface area contributed by atoms with Crippen LogP contribution in [-0.2, 0) is 0 Å². The van der Waals surface area contributed by atoms with Gasteiger partial charge >= 0.3 is 0 Å². The number of nitrogens with one attached hydrogen (secondary N) is 1. The second-order valence-electron chi connectivity index (χ2n) is 5.43. The molecule has 1 aromatic carbocycles. The Morgan fingerprint density at radius 3 is 2.58 bits per heavy atom. The van der Waals surface area contributed by atoms with E-state index < -0.39 is 0 Å². The van der Waals surface area contributed by atoms with Crippen molar-refractivity contribution >= 4 is 5.69 Å². The smallest absolute Gasteiger partial charge is 0.269 e. The van der Waals surface area contributed by atoms with Crippen molar-refractivity contribution in [2.45, 2.75) is 57.5 Å². The molecule has 0 heterocycles. The molecule has 1 aliphatic carbocycles. The minimum Gasteiger partial charge on any atom is -0.307 e. The van der Waals surface area contributed by atoms with Gasteiger partial charge in [-0.2, -0.15) is 0 Å². The lowest BCUT2D eigenvalue weighted by atomic mass is 10.0. The Balaban J connectivity index is 2.00. The number of benzene rings is 1. The number of rotatable bonds is 4. The molecule has 19 heavy (non-hydrogen) atoms. The summed E-state index contributed by atoms with van der Waals surface area (Å²) in [7, 11) is 0. The standard InChI is InChI=1S/C15H22N2O2/c1-12(16-14-8-4-2-3-5-9-14)13-7-6-10-15(11-13)17(18)19/h6-7,10-12,14,16H,2-5,8-9H2,1H3. The summed E-state index contributed by atoms with van der Waals surface area (Å²) >= 11 is 0. The SMILES string of the molecule is CC(NC1CCCCCC1)c1cccc([N+](=O)[O-])c1. The molecule has 0 radical (unpaired) electrons. The van der Waals surface area contributed by atoms with Crippen LogP contribution in [0.15, 0.2) is 24.3 Å². The van der Waals surface area contributed by atoms with Crippen LogP contribution in [-0.4, -0.2) is 11.0 Å². The third kappa shape index (κ3) is 4.03. The number of nitro benzene ring substituents is 1. The second kappa shape index (κ2) is 6.66. The molecule has 2 rings (SSSR count). The van der Waals surface area contributed by atoms with Gasteiger partial charge in [0.1, 0.15) is 0 Å². The van der Waals surface area contributed by atoms with Crippen molar-refractivity contribution < 1.29 is 4.92 Å². The fraction of sp³-hybridized carbons (Fsp3) is 0.600. The molecule has 1 unspecified atom stereocenters. The Hall–Kier alpha value is -1.42. The number of hydrogen-bond donors (Lipinski definition) is 1. The number of hydrogen-bond acceptors (Lipinski definition) is 3. The molecule has 104 valence electrons. The normalized spacial score (nSPS) is 18.8. The molecular weight excluding hydrogens is 240 g/mol. The van der Waals surface area contributed by atoms with E-state index >= 15 is 0 Å². The Morgan fingerprint density at radius 1 is 1.26 bits per heavy atom. The van der Waals surface area contributed by atoms with E-state index in [0.29, 0.717) is 6.04 Å². The first kappa shape index (κ1) is 14.0. The molecule has 1 atom stereocenters. The van der Waals surface area contributed by atoms with Crippen LogP contribution in [0.25, 0.3) is 0 Å². The van der Waals surface area contributed by atoms with Crippen LogP contribution in [0.4, 0.5) is 5.69 Å². The maximum atomic E-state index is 10.8. The fourth-order valence-electron chi connectivity index (χ4n) is 2.80. The molecule has 0 aliphatic heterocycles. The van der Waals surface area contributed by atoms with Gasteiger partial charge in [0, 0.05) is 24.2 Å². The van der Waals surface area contributed by atoms with Crippen LogP contribution in [0.5, 0.6) is 0 Å². The molecule has 1 aliphatic rings. The van der Waals surface area contributed by atoms with Gasteiger partial charge in [0.2, 0.25) is 0 Å². The average molecular weight is 262 g/mol. The van der Waals surface area contributed by atoms with Crippen molar-refractivity contribution in [3.8, 4) is 0 Å². The summed E-state index contributed by atoms with van der Waals surface area (Å²) in [5, 5.41) is 14.4. The quantitative estimate of drug-likeness (QED) is 0.507. The Kier molecular flexibility index (Phi) is 4.91. The van der Waals surface area contributed by atoms with Crippen LogP contribution < -0.4 is 5.32 Å². The van der Waals surface area contributed by atoms with E-state index in [9.17, 15) is 10.1 Å². The van der Waals surface area contributed by atoms with Crippen LogP contribution in [0.1, 0.15) is 57.1 Å². The highest BCUT2D eigenvalue weighted by Gasteiger charge is 2.16. The van der Waals surface area contributed by atoms with E-state index in [0.717, 1.165) is 5.56 Å². The van der Waals surface area contributed by atoms with Gasteiger partial charge < -0.3 is 5.32 Å². The number of nitro groups is 1. The summed E-state index contributed by atoms with van der Waals surface area (Å²) in [6, 6.07) is 7.66. The Bertz CT molecular complexity index is 426. The summed E-state index contributed by atoms with van der Waals surface area (Å²) in [5.74, 6) is 0. The van der Waals surface area contributed by atoms with Crippen molar-refractivity contribution in [1.29, 1.82) is 0 Å². The summed E-state index contributed by atoms with van der Waals surface area (Å²) in [5.41, 5.74) is 1.17. The first-order chi connectivity index (χ1) is 9.16. The lowest BCUT2D eigenvalue weighted by molar-refractivity contribution is -0.384. The Labute approximate surface area is 114 Å². The van der Waals surface area contributed by atoms with Gasteiger partial charge in [-0.25, -0.2) is 0 Å². The maximum Gasteiger partial charge on any atom is 0.269 e. The van der Waals surface area contributed by atoms with Gasteiger partial charge in [-0.1, -0.05) is 37.8 Å². The van der Waals surface area contributed by atoms with Crippen molar-refractivity contribution in [1.82, 2.24) is 5.32 Å². The van der Waals surface area contributed by atoms with Crippen molar-refractivity contribution in [2.75, 3.05) is 0 Å². The van der Waals surface area contributed by atoms with Crippen molar-refractivity contribution in [3.63, 3.8) is 0 Å². The van der Waals surface area contributed by atoms with Gasteiger partial charge in [0.25, 0.3) is 5.69 Å². The zero-order valence-corrected chi connectivity index (χ0v) is 11.5. The average Bonchev–Trinajstić information content (AvgIpc) is 2.67. The summed E-state index contributed by atoms with van der Waals surface area (Å²) < 4.78 is 0. The van der Waals surface area contributed by atoms with E-state index in [1.165, 1.54) is 38.5 Å². The molecule has 4 nitrogen and oxygen atoms in total. The lowest BCUT2D eigenvalue weighted by Crippen LogP contribution is -2.31. The van der Waals surface area contributed by atoms with Gasteiger partial charge in [-0.3, -0.25) is 10.1 Å². The van der Waals surface area contributed by atoms with E-state index in [1.807, 2.05) is 6.07 Å². The van der Waals surface area contributed by atoms with Crippen LogP contribution in [0.2, 0.25) is 0 Å². The zero-order valence-electron chi connectivity index (χ0n) is 11.5. The predicted molar refractivity (Wildman–Crippen MR) is 76.1 cm³/mol. The minimum absolute atomic E-state index is 0.169. The largest absolute Gasteiger partial charge is 0.307 e. The molecule has 1 saturated carbocycles. The van der Waals surface area contributed by atoms with Crippen LogP contribution >= 0.6 is 0 Å². The number of nitrogens with zero attached hydrogens (tertiary/aromatic N) is 1. The Morgan fingerprint density at radius 2 is 1.95 bits per heavy atom. The van der Waals surface area contributed by atoms with E-state index in [2.05, 4.69) is 12.2 Å². The fourth-order valence-corrected chi connectivity index (χ4v) is 2.80. The van der Waals surface area contributed by atoms with Gasteiger partial charge in [-0.15, -0.1) is 0 Å². The van der Waals surface area contributed by atoms with E-state index in [-0.39, 0.29) is 16.7 Å². The first-order valence-electron chi connectivity index (χ1n) is 7.17. The maximum absolute atomic E-state index is 10.8. The van der Waals surface area contributed by atoms with Gasteiger partial charge in [-0.05, 0) is 25.3 Å². The van der Waals surface area contributed by atoms with Crippen molar-refractivity contribution in [2.24, 2.45) is 0 Å². The molecule has 0 amide bonds. The molecular formula is C15H22N2O2.